The minimum Gasteiger partial charge on any atom is -0.265 e. The van der Waals surface area contributed by atoms with Crippen LogP contribution in [-0.2, 0) is 9.37 Å². The van der Waals surface area contributed by atoms with Crippen LogP contribution in [0, 0.1) is 6.92 Å². The molecule has 2 aromatic rings. The van der Waals surface area contributed by atoms with Crippen molar-refractivity contribution >= 4 is 22.9 Å². The summed E-state index contributed by atoms with van der Waals surface area (Å²) < 4.78 is 5.40. The molecule has 17 heavy (non-hydrogen) atoms. The van der Waals surface area contributed by atoms with Gasteiger partial charge < -0.3 is 0 Å². The number of hydrogen-bond acceptors (Lipinski definition) is 6. The lowest BCUT2D eigenvalue weighted by molar-refractivity contribution is -0.457. The van der Waals surface area contributed by atoms with Crippen LogP contribution >= 0.6 is 12.0 Å². The van der Waals surface area contributed by atoms with Crippen LogP contribution in [0.15, 0.2) is 29.1 Å². The summed E-state index contributed by atoms with van der Waals surface area (Å²) in [4.78, 5) is 20.9. The molecule has 1 aromatic heterocycles. The smallest absolute Gasteiger partial charge is 0.265 e. The summed E-state index contributed by atoms with van der Waals surface area (Å²) in [6, 6.07) is 6.99. The van der Waals surface area contributed by atoms with Gasteiger partial charge in [0.05, 0.1) is 10.9 Å². The summed E-state index contributed by atoms with van der Waals surface area (Å²) in [6.07, 6.45) is 1.65. The zero-order chi connectivity index (χ0) is 12.3. The largest absolute Gasteiger partial charge is 0.297 e. The number of hydrogen-bond donors (Lipinski definition) is 0. The van der Waals surface area contributed by atoms with Crippen LogP contribution in [0.25, 0.3) is 10.9 Å². The molecule has 0 atom stereocenters. The number of fused-ring (bicyclic) bond motifs is 1. The van der Waals surface area contributed by atoms with E-state index in [9.17, 15) is 4.79 Å². The molecular formula is C10H10N2O4S. The normalized spacial score (nSPS) is 10.7. The zero-order valence-electron chi connectivity index (χ0n) is 9.25. The minimum atomic E-state index is -0.349. The standard InChI is InChI=1S/C10H10N2O4S/c1-7-11-9-6-4-3-5-8(9)10(13)12(7)14-15-16-17-2/h3-6H,1-2H3. The third-order valence-corrected chi connectivity index (χ3v) is 2.29. The highest BCUT2D eigenvalue weighted by atomic mass is 32.2. The lowest BCUT2D eigenvalue weighted by Gasteiger charge is -2.07. The van der Waals surface area contributed by atoms with Gasteiger partial charge in [-0.3, -0.25) is 4.79 Å². The second-order valence-corrected chi connectivity index (χ2v) is 3.62. The fourth-order valence-corrected chi connectivity index (χ4v) is 1.47. The predicted molar refractivity (Wildman–Crippen MR) is 63.0 cm³/mol. The van der Waals surface area contributed by atoms with Crippen molar-refractivity contribution in [1.29, 1.82) is 0 Å². The molecule has 0 bridgehead atoms. The van der Waals surface area contributed by atoms with Crippen LogP contribution in [0.3, 0.4) is 0 Å². The molecule has 90 valence electrons. The molecule has 0 radical (unpaired) electrons. The van der Waals surface area contributed by atoms with Gasteiger partial charge in [-0.15, -0.1) is 4.33 Å². The van der Waals surface area contributed by atoms with Gasteiger partial charge in [-0.1, -0.05) is 16.9 Å². The first-order valence-corrected chi connectivity index (χ1v) is 5.92. The molecule has 0 saturated carbocycles. The van der Waals surface area contributed by atoms with Gasteiger partial charge in [-0.25, -0.2) is 9.97 Å². The molecule has 0 spiro atoms. The second kappa shape index (κ2) is 5.17. The van der Waals surface area contributed by atoms with E-state index >= 15 is 0 Å². The Morgan fingerprint density at radius 1 is 1.35 bits per heavy atom. The van der Waals surface area contributed by atoms with Gasteiger partial charge in [0.2, 0.25) is 0 Å². The molecule has 0 aliphatic heterocycles. The van der Waals surface area contributed by atoms with Crippen LogP contribution in [0.1, 0.15) is 5.82 Å². The van der Waals surface area contributed by atoms with E-state index < -0.39 is 0 Å². The Bertz CT molecular complexity index is 584. The van der Waals surface area contributed by atoms with Crippen molar-refractivity contribution in [3.63, 3.8) is 0 Å². The number of para-hydroxylation sites is 1. The molecule has 6 nitrogen and oxygen atoms in total. The van der Waals surface area contributed by atoms with Crippen molar-refractivity contribution in [2.75, 3.05) is 6.26 Å². The first kappa shape index (κ1) is 11.9. The van der Waals surface area contributed by atoms with E-state index in [1.54, 1.807) is 31.4 Å². The van der Waals surface area contributed by atoms with E-state index in [4.69, 9.17) is 4.99 Å². The quantitative estimate of drug-likeness (QED) is 0.354. The zero-order valence-corrected chi connectivity index (χ0v) is 10.1. The lowest BCUT2D eigenvalue weighted by Crippen LogP contribution is -2.29. The molecule has 1 aromatic carbocycles. The van der Waals surface area contributed by atoms with Crippen LogP contribution in [-0.4, -0.2) is 16.0 Å². The molecule has 0 aliphatic carbocycles. The van der Waals surface area contributed by atoms with E-state index in [1.807, 2.05) is 6.07 Å². The number of rotatable bonds is 4. The van der Waals surface area contributed by atoms with Gasteiger partial charge in [0.1, 0.15) is 0 Å². The van der Waals surface area contributed by atoms with Crippen molar-refractivity contribution in [3.8, 4) is 0 Å². The third-order valence-electron chi connectivity index (χ3n) is 2.10. The van der Waals surface area contributed by atoms with Gasteiger partial charge in [-0.2, -0.15) is 0 Å². The Morgan fingerprint density at radius 2 is 2.12 bits per heavy atom. The Balaban J connectivity index is 2.45. The molecule has 0 N–H and O–H groups in total. The fraction of sp³-hybridized carbons (Fsp3) is 0.200. The lowest BCUT2D eigenvalue weighted by atomic mass is 10.2. The third kappa shape index (κ3) is 2.41. The minimum absolute atomic E-state index is 0.349. The van der Waals surface area contributed by atoms with Crippen molar-refractivity contribution in [2.45, 2.75) is 6.92 Å². The SMILES string of the molecule is CSOOOn1c(C)nc2ccccc2c1=O. The second-order valence-electron chi connectivity index (χ2n) is 3.15. The summed E-state index contributed by atoms with van der Waals surface area (Å²) >= 11 is 0.953. The van der Waals surface area contributed by atoms with Crippen molar-refractivity contribution in [3.05, 3.63) is 40.4 Å². The summed E-state index contributed by atoms with van der Waals surface area (Å²) in [5, 5.41) is 4.82. The molecule has 0 saturated heterocycles. The highest BCUT2D eigenvalue weighted by Gasteiger charge is 2.09. The molecule has 0 amide bonds. The number of aromatic nitrogens is 2. The highest BCUT2D eigenvalue weighted by Crippen LogP contribution is 2.06. The monoisotopic (exact) mass is 254 g/mol. The van der Waals surface area contributed by atoms with Crippen molar-refractivity contribution in [2.24, 2.45) is 0 Å². The van der Waals surface area contributed by atoms with E-state index in [0.717, 1.165) is 16.8 Å². The maximum absolute atomic E-state index is 12.0. The Labute approximate surface area is 101 Å². The predicted octanol–water partition coefficient (Wildman–Crippen LogP) is 1.27. The molecular weight excluding hydrogens is 244 g/mol. The maximum atomic E-state index is 12.0. The van der Waals surface area contributed by atoms with Crippen LogP contribution < -0.4 is 10.5 Å². The molecule has 0 unspecified atom stereocenters. The Kier molecular flexibility index (Phi) is 3.62. The summed E-state index contributed by atoms with van der Waals surface area (Å²) in [7, 11) is 0. The molecule has 7 heteroatoms. The average Bonchev–Trinajstić information content (AvgIpc) is 2.33. The first-order chi connectivity index (χ1) is 8.24. The molecule has 1 heterocycles. The average molecular weight is 254 g/mol. The Morgan fingerprint density at radius 3 is 2.88 bits per heavy atom. The summed E-state index contributed by atoms with van der Waals surface area (Å²) in [5.74, 6) is 0.374. The van der Waals surface area contributed by atoms with Gasteiger partial charge >= 0.3 is 0 Å². The molecule has 0 fully saturated rings. The van der Waals surface area contributed by atoms with Gasteiger partial charge in [0.15, 0.2) is 5.82 Å². The maximum Gasteiger partial charge on any atom is 0.297 e. The van der Waals surface area contributed by atoms with Crippen LogP contribution in [0.2, 0.25) is 0 Å². The van der Waals surface area contributed by atoms with E-state index in [1.165, 1.54) is 0 Å². The van der Waals surface area contributed by atoms with E-state index in [2.05, 4.69) is 14.4 Å². The number of aryl methyl sites for hydroxylation is 1. The summed E-state index contributed by atoms with van der Waals surface area (Å²) in [5.41, 5.74) is 0.262. The molecule has 0 aliphatic rings. The Hall–Kier alpha value is -1.57. The van der Waals surface area contributed by atoms with Gasteiger partial charge in [-0.05, 0) is 19.1 Å². The highest BCUT2D eigenvalue weighted by molar-refractivity contribution is 7.93. The number of benzene rings is 1. The van der Waals surface area contributed by atoms with Crippen molar-refractivity contribution in [1.82, 2.24) is 9.71 Å². The van der Waals surface area contributed by atoms with E-state index in [-0.39, 0.29) is 5.56 Å². The number of nitrogens with zero attached hydrogens (tertiary/aromatic N) is 2. The first-order valence-electron chi connectivity index (χ1n) is 4.77. The van der Waals surface area contributed by atoms with Crippen LogP contribution in [0.4, 0.5) is 0 Å². The van der Waals surface area contributed by atoms with Gasteiger partial charge in [0, 0.05) is 23.3 Å². The van der Waals surface area contributed by atoms with E-state index in [0.29, 0.717) is 16.7 Å². The van der Waals surface area contributed by atoms with Gasteiger partial charge in [0.25, 0.3) is 5.56 Å². The topological polar surface area (TPSA) is 62.6 Å². The fourth-order valence-electron chi connectivity index (χ4n) is 1.39. The van der Waals surface area contributed by atoms with Crippen LogP contribution in [0.5, 0.6) is 0 Å². The molecule has 2 rings (SSSR count). The summed E-state index contributed by atoms with van der Waals surface area (Å²) in [6.45, 7) is 1.64. The van der Waals surface area contributed by atoms with Crippen molar-refractivity contribution < 1.29 is 14.4 Å².